The molecule has 0 radical (unpaired) electrons. The third-order valence-corrected chi connectivity index (χ3v) is 25.9. The second-order valence-electron chi connectivity index (χ2n) is 20.8. The van der Waals surface area contributed by atoms with Crippen molar-refractivity contribution in [3.63, 3.8) is 0 Å². The summed E-state index contributed by atoms with van der Waals surface area (Å²) >= 11 is 0. The van der Waals surface area contributed by atoms with E-state index in [1.165, 1.54) is 26.1 Å². The Balaban J connectivity index is 1.07. The molecule has 386 valence electrons. The molecule has 2 nitrogen and oxygen atoms in total. The Morgan fingerprint density at radius 1 is 0.256 bits per heavy atom. The Morgan fingerprint density at radius 2 is 0.695 bits per heavy atom. The van der Waals surface area contributed by atoms with E-state index in [4.69, 9.17) is 6.85 Å². The van der Waals surface area contributed by atoms with Crippen molar-refractivity contribution in [2.75, 3.05) is 0 Å². The molecule has 13 aromatic carbocycles. The molecule has 0 atom stereocenters. The van der Waals surface area contributed by atoms with Gasteiger partial charge >= 0.3 is 0 Å². The summed E-state index contributed by atoms with van der Waals surface area (Å²) in [5.41, 5.74) is 7.44. The second-order valence-corrected chi connectivity index (χ2v) is 28.3. The van der Waals surface area contributed by atoms with E-state index in [0.717, 1.165) is 76.3 Å². The summed E-state index contributed by atoms with van der Waals surface area (Å²) in [4.78, 5) is 0. The van der Waals surface area contributed by atoms with E-state index in [-0.39, 0.29) is 28.4 Å². The molecule has 0 saturated heterocycles. The summed E-state index contributed by atoms with van der Waals surface area (Å²) in [7, 11) is -7.31. The lowest BCUT2D eigenvalue weighted by atomic mass is 9.99. The molecule has 0 saturated carbocycles. The zero-order valence-corrected chi connectivity index (χ0v) is 46.5. The van der Waals surface area contributed by atoms with Crippen LogP contribution in [-0.2, 0) is 0 Å². The molecule has 15 aromatic rings. The molecule has 0 N–H and O–H groups in total. The molecule has 15 rings (SSSR count). The fourth-order valence-electron chi connectivity index (χ4n) is 13.2. The minimum atomic E-state index is -4.04. The van der Waals surface area contributed by atoms with Crippen LogP contribution in [0, 0.1) is 0 Å². The highest BCUT2D eigenvalue weighted by Gasteiger charge is 2.44. The number of benzene rings is 13. The summed E-state index contributed by atoms with van der Waals surface area (Å²) in [5.74, 6) is 0. The molecule has 0 amide bonds. The zero-order valence-electron chi connectivity index (χ0n) is 53.5. The van der Waals surface area contributed by atoms with Crippen LogP contribution in [0.25, 0.3) is 77.2 Å². The van der Waals surface area contributed by atoms with Crippen LogP contribution in [0.5, 0.6) is 0 Å². The van der Waals surface area contributed by atoms with Crippen LogP contribution in [0.1, 0.15) is 12.3 Å². The lowest BCUT2D eigenvalue weighted by molar-refractivity contribution is 1.17. The van der Waals surface area contributed by atoms with Gasteiger partial charge in [0, 0.05) is 32.9 Å². The van der Waals surface area contributed by atoms with Crippen molar-refractivity contribution in [3.05, 3.63) is 340 Å². The lowest BCUT2D eigenvalue weighted by Gasteiger charge is -2.35. The van der Waals surface area contributed by atoms with Gasteiger partial charge in [-0.25, -0.2) is 0 Å². The number of rotatable bonds is 12. The smallest absolute Gasteiger partial charge is 0.180 e. The molecule has 0 bridgehead atoms. The fourth-order valence-corrected chi connectivity index (χ4v) is 22.6. The first kappa shape index (κ1) is 40.1. The molecular formula is C78H56N2Si2. The Morgan fingerprint density at radius 3 is 1.28 bits per heavy atom. The van der Waals surface area contributed by atoms with E-state index >= 15 is 0 Å². The van der Waals surface area contributed by atoms with Crippen LogP contribution in [0.4, 0.5) is 0 Å². The van der Waals surface area contributed by atoms with Crippen molar-refractivity contribution >= 4 is 101 Å². The average molecular weight is 1090 g/mol. The van der Waals surface area contributed by atoms with E-state index < -0.39 is 58.4 Å². The maximum Gasteiger partial charge on any atom is 0.180 e. The molecule has 82 heavy (non-hydrogen) atoms. The van der Waals surface area contributed by atoms with Crippen molar-refractivity contribution in [1.29, 1.82) is 0 Å². The van der Waals surface area contributed by atoms with Crippen LogP contribution in [0.3, 0.4) is 0 Å². The molecule has 0 aliphatic rings. The molecular weight excluding hydrogens is 1020 g/mol. The summed E-state index contributed by atoms with van der Waals surface area (Å²) in [6, 6.07) is 95.6. The first-order chi connectivity index (χ1) is 44.5. The van der Waals surface area contributed by atoms with Gasteiger partial charge in [0.2, 0.25) is 0 Å². The molecule has 4 heteroatoms. The largest absolute Gasteiger partial charge is 0.309 e. The number of nitrogens with zero attached hydrogens (tertiary/aromatic N) is 2. The first-order valence-corrected chi connectivity index (χ1v) is 31.7. The quantitative estimate of drug-likeness (QED) is 0.0852. The molecule has 2 heterocycles. The third-order valence-electron chi connectivity index (χ3n) is 16.5. The second kappa shape index (κ2) is 20.5. The summed E-state index contributed by atoms with van der Waals surface area (Å²) in [5, 5.41) is 11.9. The van der Waals surface area contributed by atoms with Gasteiger partial charge < -0.3 is 9.13 Å². The van der Waals surface area contributed by atoms with Crippen molar-refractivity contribution in [1.82, 2.24) is 9.13 Å². The van der Waals surface area contributed by atoms with E-state index in [2.05, 4.69) is 221 Å². The third kappa shape index (κ3) is 7.83. The van der Waals surface area contributed by atoms with Crippen LogP contribution in [-0.4, -0.2) is 25.3 Å². The van der Waals surface area contributed by atoms with Crippen molar-refractivity contribution in [3.8, 4) is 33.6 Å². The topological polar surface area (TPSA) is 9.86 Å². The van der Waals surface area contributed by atoms with E-state index in [1.54, 1.807) is 0 Å². The van der Waals surface area contributed by atoms with Gasteiger partial charge in [-0.3, -0.25) is 0 Å². The van der Waals surface area contributed by atoms with Gasteiger partial charge in [-0.2, -0.15) is 0 Å². The highest BCUT2D eigenvalue weighted by Crippen LogP contribution is 2.41. The summed E-state index contributed by atoms with van der Waals surface area (Å²) in [6.07, 6.45) is 0. The SMILES string of the molecule is [2H]c1c([2H])c([2H])c(-c2c([2H])c([2H])c([Si](c3ccccc3)(c3ccccc3)c3cccc(-n4c5ccc(-n6c7ccccc7c7c(-c8ccccc8)cccc76)cc5c5c([Si](c6ccccc6)(c6ccccc6)c6ccccc6)cccc54)c3)c([2H])c2[2H])c([2H])c1[2H]. The molecule has 0 unspecified atom stereocenters. The van der Waals surface area contributed by atoms with Crippen LogP contribution < -0.4 is 41.5 Å². The van der Waals surface area contributed by atoms with Crippen molar-refractivity contribution in [2.45, 2.75) is 0 Å². The predicted molar refractivity (Wildman–Crippen MR) is 353 cm³/mol. The highest BCUT2D eigenvalue weighted by atomic mass is 28.3. The highest BCUT2D eigenvalue weighted by molar-refractivity contribution is 7.21. The average Bonchev–Trinajstić information content (AvgIpc) is 1.70. The van der Waals surface area contributed by atoms with Crippen molar-refractivity contribution < 1.29 is 12.3 Å². The van der Waals surface area contributed by atoms with E-state index in [9.17, 15) is 5.48 Å². The predicted octanol–water partition coefficient (Wildman–Crippen LogP) is 14.0. The van der Waals surface area contributed by atoms with Gasteiger partial charge in [0.25, 0.3) is 0 Å². The number of hydrogen-bond donors (Lipinski definition) is 0. The van der Waals surface area contributed by atoms with Crippen LogP contribution >= 0.6 is 0 Å². The minimum absolute atomic E-state index is 0.174. The molecule has 0 fully saturated rings. The molecule has 0 aliphatic carbocycles. The maximum absolute atomic E-state index is 10.2. The number of fused-ring (bicyclic) bond motifs is 6. The molecule has 0 aliphatic heterocycles. The fraction of sp³-hybridized carbons (Fsp3) is 0. The Kier molecular flexibility index (Phi) is 10.0. The summed E-state index contributed by atoms with van der Waals surface area (Å²) < 4.78 is 88.4. The Labute approximate surface area is 493 Å². The van der Waals surface area contributed by atoms with Crippen LogP contribution in [0.2, 0.25) is 0 Å². The van der Waals surface area contributed by atoms with E-state index in [0.29, 0.717) is 0 Å². The van der Waals surface area contributed by atoms with Gasteiger partial charge in [0.1, 0.15) is 0 Å². The Bertz CT molecular complexity index is 5140. The normalized spacial score (nSPS) is 13.4. The van der Waals surface area contributed by atoms with Gasteiger partial charge in [-0.15, -0.1) is 0 Å². The zero-order chi connectivity index (χ0) is 62.3. The van der Waals surface area contributed by atoms with Crippen molar-refractivity contribution in [2.24, 2.45) is 0 Å². The number of hydrogen-bond acceptors (Lipinski definition) is 0. The summed E-state index contributed by atoms with van der Waals surface area (Å²) in [6.45, 7) is 0. The Hall–Kier alpha value is -10.1. The maximum atomic E-state index is 10.2. The van der Waals surface area contributed by atoms with E-state index in [1.807, 2.05) is 72.8 Å². The number of para-hydroxylation sites is 1. The minimum Gasteiger partial charge on any atom is -0.309 e. The van der Waals surface area contributed by atoms with Gasteiger partial charge in [0.05, 0.1) is 34.4 Å². The van der Waals surface area contributed by atoms with Gasteiger partial charge in [-0.05, 0) is 112 Å². The standard InChI is InChI=1S/C78H56N2Si2/c1-8-27-57(28-9-1)58-49-52-67(53-50-58)81(62-32-12-3-13-33-62,63-34-14-4-15-35-63)68-42-24-31-60(55-68)79-73-54-51-61(80-72-45-23-22-43-70(72)77-69(44-25-46-74(77)80)59-29-10-2-11-30-59)56-71(73)78-75(79)47-26-48-76(78)82(64-36-16-5-17-37-64,65-38-18-6-19-39-65)66-40-20-7-21-41-66/h1-56H/i1D,8D,9D,27D,28D,49D,50D,52D,53D. The molecule has 0 spiro atoms. The van der Waals surface area contributed by atoms with Gasteiger partial charge in [0.15, 0.2) is 16.1 Å². The number of aromatic nitrogens is 2. The lowest BCUT2D eigenvalue weighted by Crippen LogP contribution is -2.74. The monoisotopic (exact) mass is 1090 g/mol. The first-order valence-electron chi connectivity index (χ1n) is 32.2. The van der Waals surface area contributed by atoms with Gasteiger partial charge in [-0.1, -0.05) is 291 Å². The van der Waals surface area contributed by atoms with Crippen LogP contribution in [0.15, 0.2) is 340 Å². The molecule has 2 aromatic heterocycles.